The molecule has 16 heavy (non-hydrogen) atoms. The molecular formula is C11H13N3OS. The number of imidazole rings is 1. The van der Waals surface area contributed by atoms with Crippen molar-refractivity contribution in [2.24, 2.45) is 0 Å². The van der Waals surface area contributed by atoms with Gasteiger partial charge in [-0.2, -0.15) is 0 Å². The summed E-state index contributed by atoms with van der Waals surface area (Å²) in [7, 11) is 0. The number of carbonyl (C=O) groups excluding carboxylic acids is 1. The summed E-state index contributed by atoms with van der Waals surface area (Å²) in [6, 6.07) is 1.95. The summed E-state index contributed by atoms with van der Waals surface area (Å²) in [4.78, 5) is 19.6. The fourth-order valence-electron chi connectivity index (χ4n) is 1.41. The molecule has 1 amide bonds. The predicted octanol–water partition coefficient (Wildman–Crippen LogP) is 1.75. The predicted molar refractivity (Wildman–Crippen MR) is 63.7 cm³/mol. The minimum absolute atomic E-state index is 0.000874. The van der Waals surface area contributed by atoms with Crippen LogP contribution in [0.2, 0.25) is 0 Å². The summed E-state index contributed by atoms with van der Waals surface area (Å²) in [5.74, 6) is 0.891. The largest absolute Gasteiger partial charge is 0.351 e. The van der Waals surface area contributed by atoms with Gasteiger partial charge in [-0.1, -0.05) is 0 Å². The van der Waals surface area contributed by atoms with Crippen LogP contribution in [0.5, 0.6) is 0 Å². The SMILES string of the molecule is Cc1ccsc1C(=O)NCCc1ncc[nH]1. The number of amides is 1. The monoisotopic (exact) mass is 235 g/mol. The molecule has 2 heterocycles. The summed E-state index contributed by atoms with van der Waals surface area (Å²) in [6.07, 6.45) is 4.21. The molecule has 5 heteroatoms. The molecule has 0 fully saturated rings. The zero-order chi connectivity index (χ0) is 11.4. The second kappa shape index (κ2) is 4.94. The minimum atomic E-state index is -0.000874. The first-order valence-electron chi connectivity index (χ1n) is 5.08. The summed E-state index contributed by atoms with van der Waals surface area (Å²) in [5, 5.41) is 4.80. The molecule has 0 radical (unpaired) electrons. The van der Waals surface area contributed by atoms with E-state index in [1.807, 2.05) is 18.4 Å². The van der Waals surface area contributed by atoms with Gasteiger partial charge in [0.1, 0.15) is 5.82 Å². The normalized spacial score (nSPS) is 10.3. The van der Waals surface area contributed by atoms with E-state index in [1.165, 1.54) is 11.3 Å². The van der Waals surface area contributed by atoms with Crippen LogP contribution < -0.4 is 5.32 Å². The van der Waals surface area contributed by atoms with Crippen molar-refractivity contribution in [3.8, 4) is 0 Å². The first-order valence-corrected chi connectivity index (χ1v) is 5.96. The molecule has 0 saturated heterocycles. The van der Waals surface area contributed by atoms with Crippen LogP contribution in [-0.4, -0.2) is 22.4 Å². The molecule has 2 aromatic rings. The van der Waals surface area contributed by atoms with E-state index in [-0.39, 0.29) is 5.91 Å². The van der Waals surface area contributed by atoms with Crippen molar-refractivity contribution in [1.29, 1.82) is 0 Å². The maximum absolute atomic E-state index is 11.7. The lowest BCUT2D eigenvalue weighted by Crippen LogP contribution is -2.25. The highest BCUT2D eigenvalue weighted by atomic mass is 32.1. The topological polar surface area (TPSA) is 57.8 Å². The summed E-state index contributed by atoms with van der Waals surface area (Å²) < 4.78 is 0. The van der Waals surface area contributed by atoms with E-state index in [0.29, 0.717) is 6.54 Å². The van der Waals surface area contributed by atoms with Gasteiger partial charge in [0.05, 0.1) is 4.88 Å². The number of carbonyl (C=O) groups is 1. The van der Waals surface area contributed by atoms with Gasteiger partial charge in [0.25, 0.3) is 5.91 Å². The van der Waals surface area contributed by atoms with E-state index in [9.17, 15) is 4.79 Å². The molecule has 0 aliphatic heterocycles. The van der Waals surface area contributed by atoms with Crippen molar-refractivity contribution in [1.82, 2.24) is 15.3 Å². The van der Waals surface area contributed by atoms with E-state index in [4.69, 9.17) is 0 Å². The maximum Gasteiger partial charge on any atom is 0.261 e. The Kier molecular flexibility index (Phi) is 3.36. The Balaban J connectivity index is 1.83. The lowest BCUT2D eigenvalue weighted by atomic mass is 10.3. The molecule has 4 nitrogen and oxygen atoms in total. The van der Waals surface area contributed by atoms with Crippen LogP contribution in [0.15, 0.2) is 23.8 Å². The van der Waals surface area contributed by atoms with Crippen molar-refractivity contribution in [3.05, 3.63) is 40.1 Å². The molecule has 84 valence electrons. The number of nitrogens with one attached hydrogen (secondary N) is 2. The van der Waals surface area contributed by atoms with Crippen LogP contribution in [0.4, 0.5) is 0 Å². The minimum Gasteiger partial charge on any atom is -0.351 e. The Bertz CT molecular complexity index is 461. The molecule has 0 bridgehead atoms. The summed E-state index contributed by atoms with van der Waals surface area (Å²) in [6.45, 7) is 2.54. The van der Waals surface area contributed by atoms with Gasteiger partial charge in [-0.25, -0.2) is 4.98 Å². The van der Waals surface area contributed by atoms with E-state index in [2.05, 4.69) is 15.3 Å². The highest BCUT2D eigenvalue weighted by molar-refractivity contribution is 7.12. The van der Waals surface area contributed by atoms with Crippen LogP contribution in [-0.2, 0) is 6.42 Å². The fourth-order valence-corrected chi connectivity index (χ4v) is 2.26. The standard InChI is InChI=1S/C11H13N3OS/c1-8-3-7-16-10(8)11(15)14-4-2-9-12-5-6-13-9/h3,5-7H,2,4H2,1H3,(H,12,13)(H,14,15). The van der Waals surface area contributed by atoms with Gasteiger partial charge in [-0.3, -0.25) is 4.79 Å². The van der Waals surface area contributed by atoms with Gasteiger partial charge in [-0.05, 0) is 23.9 Å². The van der Waals surface area contributed by atoms with Crippen LogP contribution >= 0.6 is 11.3 Å². The van der Waals surface area contributed by atoms with E-state index >= 15 is 0 Å². The number of hydrogen-bond donors (Lipinski definition) is 2. The Morgan fingerprint density at radius 3 is 3.12 bits per heavy atom. The number of rotatable bonds is 4. The van der Waals surface area contributed by atoms with Crippen LogP contribution in [0.3, 0.4) is 0 Å². The van der Waals surface area contributed by atoms with Crippen molar-refractivity contribution in [2.45, 2.75) is 13.3 Å². The Morgan fingerprint density at radius 1 is 1.62 bits per heavy atom. The first kappa shape index (κ1) is 10.9. The maximum atomic E-state index is 11.7. The zero-order valence-electron chi connectivity index (χ0n) is 8.99. The second-order valence-electron chi connectivity index (χ2n) is 3.47. The third kappa shape index (κ3) is 2.49. The molecule has 0 aliphatic carbocycles. The Labute approximate surface area is 97.7 Å². The first-order chi connectivity index (χ1) is 7.77. The lowest BCUT2D eigenvalue weighted by molar-refractivity contribution is 0.0957. The molecule has 0 atom stereocenters. The lowest BCUT2D eigenvalue weighted by Gasteiger charge is -2.02. The van der Waals surface area contributed by atoms with Gasteiger partial charge in [0.15, 0.2) is 0 Å². The molecule has 2 N–H and O–H groups in total. The summed E-state index contributed by atoms with van der Waals surface area (Å²) in [5.41, 5.74) is 1.03. The quantitative estimate of drug-likeness (QED) is 0.848. The highest BCUT2D eigenvalue weighted by Gasteiger charge is 2.09. The fraction of sp³-hybridized carbons (Fsp3) is 0.273. The van der Waals surface area contributed by atoms with Gasteiger partial charge in [-0.15, -0.1) is 11.3 Å². The Hall–Kier alpha value is -1.62. The van der Waals surface area contributed by atoms with Crippen LogP contribution in [0, 0.1) is 6.92 Å². The number of aromatic nitrogens is 2. The average Bonchev–Trinajstić information content (AvgIpc) is 2.88. The van der Waals surface area contributed by atoms with Crippen LogP contribution in [0.1, 0.15) is 21.1 Å². The third-order valence-corrected chi connectivity index (χ3v) is 3.29. The van der Waals surface area contributed by atoms with Crippen molar-refractivity contribution in [3.63, 3.8) is 0 Å². The van der Waals surface area contributed by atoms with Crippen molar-refractivity contribution < 1.29 is 4.79 Å². The van der Waals surface area contributed by atoms with Gasteiger partial charge < -0.3 is 10.3 Å². The van der Waals surface area contributed by atoms with Gasteiger partial charge in [0, 0.05) is 25.4 Å². The molecule has 0 aliphatic rings. The second-order valence-corrected chi connectivity index (χ2v) is 4.39. The third-order valence-electron chi connectivity index (χ3n) is 2.27. The highest BCUT2D eigenvalue weighted by Crippen LogP contribution is 2.14. The smallest absolute Gasteiger partial charge is 0.261 e. The average molecular weight is 235 g/mol. The van der Waals surface area contributed by atoms with E-state index in [0.717, 1.165) is 22.7 Å². The molecule has 0 saturated carbocycles. The molecule has 0 spiro atoms. The molecule has 2 aromatic heterocycles. The zero-order valence-corrected chi connectivity index (χ0v) is 9.80. The molecule has 0 unspecified atom stereocenters. The van der Waals surface area contributed by atoms with E-state index < -0.39 is 0 Å². The van der Waals surface area contributed by atoms with Crippen molar-refractivity contribution >= 4 is 17.2 Å². The Morgan fingerprint density at radius 2 is 2.50 bits per heavy atom. The number of thiophene rings is 1. The molecule has 2 rings (SSSR count). The molecular weight excluding hydrogens is 222 g/mol. The van der Waals surface area contributed by atoms with Gasteiger partial charge in [0.2, 0.25) is 0 Å². The van der Waals surface area contributed by atoms with Crippen LogP contribution in [0.25, 0.3) is 0 Å². The number of nitrogens with zero attached hydrogens (tertiary/aromatic N) is 1. The molecule has 0 aromatic carbocycles. The summed E-state index contributed by atoms with van der Waals surface area (Å²) >= 11 is 1.47. The van der Waals surface area contributed by atoms with Gasteiger partial charge >= 0.3 is 0 Å². The number of aromatic amines is 1. The van der Waals surface area contributed by atoms with Crippen molar-refractivity contribution in [2.75, 3.05) is 6.54 Å². The van der Waals surface area contributed by atoms with E-state index in [1.54, 1.807) is 12.4 Å². The number of H-pyrrole nitrogens is 1. The number of hydrogen-bond acceptors (Lipinski definition) is 3. The number of aryl methyl sites for hydroxylation is 1.